The van der Waals surface area contributed by atoms with Crippen LogP contribution in [0.25, 0.3) is 22.9 Å². The molecule has 20 atom stereocenters. The Morgan fingerprint density at radius 3 is 1.29 bits per heavy atom. The van der Waals surface area contributed by atoms with Gasteiger partial charge in [-0.25, -0.2) is 0 Å². The summed E-state index contributed by atoms with van der Waals surface area (Å²) in [6.45, 7) is 27.6. The third kappa shape index (κ3) is 23.7. The maximum absolute atomic E-state index is 10.7. The van der Waals surface area contributed by atoms with E-state index in [1.54, 1.807) is 11.1 Å². The van der Waals surface area contributed by atoms with E-state index >= 15 is 0 Å². The molecule has 0 radical (unpaired) electrons. The molecule has 0 aliphatic heterocycles. The minimum atomic E-state index is -0.866. The first-order valence-corrected chi connectivity index (χ1v) is 36.8. The molecule has 93 heavy (non-hydrogen) atoms. The molecule has 15 nitrogen and oxygen atoms in total. The topological polar surface area (TPSA) is 285 Å². The SMILES string of the molecule is C.CC(C)CCC[C@@H](C)[C@H]1CCC2C3CC=C4C[C@@H](OCCNCC(=O)O)CC[C@]4(C)C3CC[C@@]21C.CC(C)CCC[C@@H](C)[C@H]1CCC2C3CC=C4C[C@@H](OCCOCNCC(=O)O)CC[C@]4(C)C3CC[C@@]21C.O.O.[NH-][C@@H]1CCCC[C@H]1[NH-].[NH-][C@@H]1CCCC[C@H]1[NH-].[Pt+2].[Pt]. The minimum absolute atomic E-state index is 0. The summed E-state index contributed by atoms with van der Waals surface area (Å²) < 4.78 is 17.8. The first kappa shape index (κ1) is 88.4. The normalized spacial score (nSPS) is 36.8. The van der Waals surface area contributed by atoms with Gasteiger partial charge in [-0.05, 0) is 195 Å². The Morgan fingerprint density at radius 2 is 0.914 bits per heavy atom. The molecule has 17 heteroatoms. The van der Waals surface area contributed by atoms with Crippen LogP contribution < -0.4 is 10.6 Å². The smallest absolute Gasteiger partial charge is 0.676 e. The second kappa shape index (κ2) is 41.9. The molecule has 12 N–H and O–H groups in total. The molecule has 10 rings (SSSR count). The van der Waals surface area contributed by atoms with Crippen LogP contribution in [-0.4, -0.2) is 116 Å². The van der Waals surface area contributed by atoms with Gasteiger partial charge in [-0.3, -0.25) is 14.9 Å². The fraction of sp³-hybridized carbons (Fsp3) is 0.921. The van der Waals surface area contributed by atoms with E-state index in [0.717, 1.165) is 122 Å². The third-order valence-corrected chi connectivity index (χ3v) is 26.0. The van der Waals surface area contributed by atoms with Gasteiger partial charge in [-0.2, -0.15) is 24.2 Å². The van der Waals surface area contributed by atoms with E-state index in [-0.39, 0.29) is 104 Å². The van der Waals surface area contributed by atoms with Gasteiger partial charge in [-0.15, -0.1) is 0 Å². The van der Waals surface area contributed by atoms with Crippen LogP contribution in [0.2, 0.25) is 0 Å². The molecule has 10 aliphatic carbocycles. The molecule has 0 aromatic carbocycles. The van der Waals surface area contributed by atoms with E-state index in [9.17, 15) is 9.59 Å². The van der Waals surface area contributed by atoms with Crippen LogP contribution in [0.15, 0.2) is 23.3 Å². The summed E-state index contributed by atoms with van der Waals surface area (Å²) >= 11 is 0. The summed E-state index contributed by atoms with van der Waals surface area (Å²) in [6, 6.07) is -0.319. The van der Waals surface area contributed by atoms with Crippen molar-refractivity contribution in [1.29, 1.82) is 0 Å². The van der Waals surface area contributed by atoms with E-state index < -0.39 is 11.9 Å². The summed E-state index contributed by atoms with van der Waals surface area (Å²) in [4.78, 5) is 21.2. The number of hydrogen-bond donors (Lipinski definition) is 4. The third-order valence-electron chi connectivity index (χ3n) is 26.0. The molecule has 0 saturated heterocycles. The molecular weight excluding hydrogens is 1530 g/mol. The zero-order chi connectivity index (χ0) is 63.8. The average molecular weight is 1670 g/mol. The van der Waals surface area contributed by atoms with Gasteiger partial charge < -0.3 is 63.6 Å². The maximum atomic E-state index is 10.7. The summed E-state index contributed by atoms with van der Waals surface area (Å²) in [6.07, 6.45) is 43.9. The van der Waals surface area contributed by atoms with Crippen molar-refractivity contribution in [3.63, 3.8) is 0 Å². The Kier molecular flexibility index (Phi) is 39.9. The number of carboxylic acid groups (broad SMARTS) is 2. The largest absolute Gasteiger partial charge is 2.00 e. The molecule has 6 unspecified atom stereocenters. The van der Waals surface area contributed by atoms with Crippen LogP contribution in [-0.2, 0) is 65.9 Å². The van der Waals surface area contributed by atoms with Crippen molar-refractivity contribution < 1.29 is 87.1 Å². The zero-order valence-electron chi connectivity index (χ0n) is 59.3. The van der Waals surface area contributed by atoms with Gasteiger partial charge in [0.25, 0.3) is 0 Å². The molecule has 0 bridgehead atoms. The monoisotopic (exact) mass is 1670 g/mol. The number of carboxylic acids is 2. The molecule has 0 amide bonds. The Hall–Kier alpha value is -0.643. The summed E-state index contributed by atoms with van der Waals surface area (Å²) in [5.41, 5.74) is 34.4. The van der Waals surface area contributed by atoms with Crippen LogP contribution in [0.5, 0.6) is 0 Å². The van der Waals surface area contributed by atoms with E-state index in [1.807, 2.05) is 0 Å². The number of aliphatic carboxylic acids is 2. The average Bonchev–Trinajstić information content (AvgIpc) is 1.71. The van der Waals surface area contributed by atoms with Crippen molar-refractivity contribution in [3.8, 4) is 0 Å². The number of carbonyl (C=O) groups is 2. The summed E-state index contributed by atoms with van der Waals surface area (Å²) in [5.74, 6) is 8.91. The molecule has 10 aliphatic rings. The van der Waals surface area contributed by atoms with Gasteiger partial charge in [0.1, 0.15) is 0 Å². The molecule has 0 spiro atoms. The van der Waals surface area contributed by atoms with Crippen LogP contribution >= 0.6 is 0 Å². The first-order valence-electron chi connectivity index (χ1n) is 36.8. The van der Waals surface area contributed by atoms with Crippen LogP contribution in [0.1, 0.15) is 269 Å². The number of allylic oxidation sites excluding steroid dienone is 2. The predicted octanol–water partition coefficient (Wildman–Crippen LogP) is 17.9. The van der Waals surface area contributed by atoms with Crippen molar-refractivity contribution in [2.75, 3.05) is 46.2 Å². The Labute approximate surface area is 596 Å². The van der Waals surface area contributed by atoms with Gasteiger partial charge in [0.2, 0.25) is 0 Å². The van der Waals surface area contributed by atoms with Crippen molar-refractivity contribution in [1.82, 2.24) is 10.6 Å². The van der Waals surface area contributed by atoms with Crippen molar-refractivity contribution in [2.24, 2.45) is 92.7 Å². The van der Waals surface area contributed by atoms with Crippen molar-refractivity contribution in [3.05, 3.63) is 46.2 Å². The number of rotatable bonds is 24. The number of fused-ring (bicyclic) bond motifs is 10. The summed E-state index contributed by atoms with van der Waals surface area (Å²) in [5, 5.41) is 23.1. The fourth-order valence-electron chi connectivity index (χ4n) is 20.9. The standard InChI is InChI=1S/C32H55NO4.C31H53NO3.2C6H12N2.CH4.2H2O.2Pt/c1-22(2)7-6-8-23(3)27-11-12-28-26-10-9-24-19-25(37-18-17-36-21-33-20-30(34)35)13-15-31(24,4)29(26)14-16-32(27,28)5;1-21(2)7-6-8-22(3)26-11-12-27-25-10-9-23-19-24(35-18-17-32-20-29(33)34)13-15-30(23,4)28(25)14-16-31(26,27)5;2*7-5-3-1-2-4-6(5)8;;;;;/h9,22-23,25-29,33H,6-8,10-21H2,1-5H3,(H,34,35);9,21-22,24-28,32H,6-8,10-20H2,1-5H3,(H,33,34);2*5-8H,1-4H2;1H4;2*1H2;;/q;;2*-2;;;;;+2/t23-,25+,26?,27-,28?,29?,31+,32-;22-,24+,25?,26-,27?,28?,30+,31-;2*5-,6-;;;;;/m1111...../s1. The van der Waals surface area contributed by atoms with E-state index in [1.165, 1.54) is 141 Å². The second-order valence-corrected chi connectivity index (χ2v) is 32.5. The molecule has 0 heterocycles. The molecular formula is C76H140N6O9Pt2-2. The van der Waals surface area contributed by atoms with Crippen molar-refractivity contribution in [2.45, 2.75) is 306 Å². The van der Waals surface area contributed by atoms with E-state index in [2.05, 4.69) is 92.0 Å². The van der Waals surface area contributed by atoms with E-state index in [4.69, 9.17) is 47.4 Å². The Balaban J connectivity index is 0.000000488. The molecule has 8 fully saturated rings. The van der Waals surface area contributed by atoms with E-state index in [0.29, 0.717) is 60.2 Å². The number of nitrogens with one attached hydrogen (secondary N) is 6. The van der Waals surface area contributed by atoms with Crippen LogP contribution in [0.4, 0.5) is 0 Å². The number of hydrogen-bond acceptors (Lipinski definition) is 7. The molecule has 0 aromatic heterocycles. The van der Waals surface area contributed by atoms with Crippen molar-refractivity contribution >= 4 is 11.9 Å². The Bertz CT molecular complexity index is 2160. The quantitative estimate of drug-likeness (QED) is 0.0405. The predicted molar refractivity (Wildman–Crippen MR) is 376 cm³/mol. The van der Waals surface area contributed by atoms with Crippen LogP contribution in [0, 0.1) is 92.7 Å². The van der Waals surface area contributed by atoms with Gasteiger partial charge in [-0.1, -0.05) is 190 Å². The molecule has 550 valence electrons. The first-order chi connectivity index (χ1) is 41.9. The zero-order valence-corrected chi connectivity index (χ0v) is 63.8. The van der Waals surface area contributed by atoms with Gasteiger partial charge in [0.05, 0.1) is 51.8 Å². The summed E-state index contributed by atoms with van der Waals surface area (Å²) in [7, 11) is 0. The molecule has 0 aromatic rings. The molecule has 8 saturated carbocycles. The van der Waals surface area contributed by atoms with Gasteiger partial charge >= 0.3 is 33.0 Å². The second-order valence-electron chi connectivity index (χ2n) is 32.5. The Morgan fingerprint density at radius 1 is 0.527 bits per heavy atom. The van der Waals surface area contributed by atoms with Gasteiger partial charge in [0.15, 0.2) is 0 Å². The van der Waals surface area contributed by atoms with Crippen LogP contribution in [0.3, 0.4) is 0 Å². The van der Waals surface area contributed by atoms with Gasteiger partial charge in [0, 0.05) is 27.6 Å². The maximum Gasteiger partial charge on any atom is 2.00 e. The minimum Gasteiger partial charge on any atom is -0.676 e. The number of ether oxygens (including phenoxy) is 3. The fourth-order valence-corrected chi connectivity index (χ4v) is 20.9.